The lowest BCUT2D eigenvalue weighted by molar-refractivity contribution is 0.0341. The van der Waals surface area contributed by atoms with E-state index in [4.69, 9.17) is 16.3 Å². The average Bonchev–Trinajstić information content (AvgIpc) is 2.24. The van der Waals surface area contributed by atoms with Crippen LogP contribution in [0.25, 0.3) is 0 Å². The van der Waals surface area contributed by atoms with Gasteiger partial charge in [-0.15, -0.1) is 0 Å². The van der Waals surface area contributed by atoms with Crippen molar-refractivity contribution in [3.8, 4) is 0 Å². The molecule has 0 radical (unpaired) electrons. The highest BCUT2D eigenvalue weighted by Gasteiger charge is 2.12. The van der Waals surface area contributed by atoms with Crippen LogP contribution in [0.5, 0.6) is 0 Å². The van der Waals surface area contributed by atoms with E-state index in [1.165, 1.54) is 5.56 Å². The monoisotopic (exact) mass is 289 g/mol. The molecule has 2 rings (SSSR count). The molecular weight excluding hydrogens is 277 g/mol. The van der Waals surface area contributed by atoms with Crippen molar-refractivity contribution in [3.05, 3.63) is 33.3 Å². The topological polar surface area (TPSA) is 12.5 Å². The maximum Gasteiger partial charge on any atom is 0.0594 e. The number of rotatable bonds is 2. The van der Waals surface area contributed by atoms with E-state index in [9.17, 15) is 0 Å². The molecule has 0 aromatic heterocycles. The zero-order valence-electron chi connectivity index (χ0n) is 8.38. The molecule has 82 valence electrons. The standard InChI is InChI=1S/C11H13BrClNO/c12-11-7-10(13)2-1-9(11)8-14-3-5-15-6-4-14/h1-2,7H,3-6,8H2. The summed E-state index contributed by atoms with van der Waals surface area (Å²) in [6.45, 7) is 4.65. The van der Waals surface area contributed by atoms with Gasteiger partial charge in [0.15, 0.2) is 0 Å². The second kappa shape index (κ2) is 5.30. The Kier molecular flexibility index (Phi) is 4.03. The third-order valence-corrected chi connectivity index (χ3v) is 3.49. The number of ether oxygens (including phenoxy) is 1. The van der Waals surface area contributed by atoms with Crippen molar-refractivity contribution in [2.24, 2.45) is 0 Å². The predicted octanol–water partition coefficient (Wildman–Crippen LogP) is 2.93. The third kappa shape index (κ3) is 3.18. The van der Waals surface area contributed by atoms with E-state index in [0.29, 0.717) is 0 Å². The first-order chi connectivity index (χ1) is 7.25. The molecule has 0 bridgehead atoms. The van der Waals surface area contributed by atoms with Gasteiger partial charge in [-0.05, 0) is 17.7 Å². The zero-order valence-corrected chi connectivity index (χ0v) is 10.7. The highest BCUT2D eigenvalue weighted by atomic mass is 79.9. The molecule has 0 spiro atoms. The lowest BCUT2D eigenvalue weighted by Crippen LogP contribution is -2.35. The van der Waals surface area contributed by atoms with Crippen molar-refractivity contribution >= 4 is 27.5 Å². The largest absolute Gasteiger partial charge is 0.379 e. The molecule has 2 nitrogen and oxygen atoms in total. The van der Waals surface area contributed by atoms with E-state index >= 15 is 0 Å². The van der Waals surface area contributed by atoms with Crippen molar-refractivity contribution in [2.45, 2.75) is 6.54 Å². The van der Waals surface area contributed by atoms with Crippen molar-refractivity contribution in [3.63, 3.8) is 0 Å². The first kappa shape index (κ1) is 11.4. The molecule has 15 heavy (non-hydrogen) atoms. The highest BCUT2D eigenvalue weighted by Crippen LogP contribution is 2.23. The molecule has 1 fully saturated rings. The van der Waals surface area contributed by atoms with Gasteiger partial charge in [0, 0.05) is 29.1 Å². The Bertz CT molecular complexity index is 339. The van der Waals surface area contributed by atoms with E-state index in [-0.39, 0.29) is 0 Å². The van der Waals surface area contributed by atoms with E-state index < -0.39 is 0 Å². The molecule has 1 aliphatic rings. The minimum Gasteiger partial charge on any atom is -0.379 e. The Hall–Kier alpha value is -0.0900. The van der Waals surface area contributed by atoms with Gasteiger partial charge in [0.25, 0.3) is 0 Å². The Morgan fingerprint density at radius 1 is 1.33 bits per heavy atom. The van der Waals surface area contributed by atoms with E-state index in [1.54, 1.807) is 0 Å². The first-order valence-electron chi connectivity index (χ1n) is 5.00. The summed E-state index contributed by atoms with van der Waals surface area (Å²) >= 11 is 9.43. The van der Waals surface area contributed by atoms with Crippen molar-refractivity contribution in [2.75, 3.05) is 26.3 Å². The summed E-state index contributed by atoms with van der Waals surface area (Å²) in [7, 11) is 0. The fourth-order valence-electron chi connectivity index (χ4n) is 1.65. The minimum atomic E-state index is 0.771. The second-order valence-corrected chi connectivity index (χ2v) is 4.92. The summed E-state index contributed by atoms with van der Waals surface area (Å²) in [6.07, 6.45) is 0. The number of hydrogen-bond acceptors (Lipinski definition) is 2. The average molecular weight is 291 g/mol. The van der Waals surface area contributed by atoms with Crippen molar-refractivity contribution < 1.29 is 4.74 Å². The van der Waals surface area contributed by atoms with Gasteiger partial charge in [-0.25, -0.2) is 0 Å². The van der Waals surface area contributed by atoms with Crippen LogP contribution in [0.4, 0.5) is 0 Å². The lowest BCUT2D eigenvalue weighted by atomic mass is 10.2. The van der Waals surface area contributed by atoms with E-state index in [1.807, 2.05) is 12.1 Å². The summed E-state index contributed by atoms with van der Waals surface area (Å²) in [6, 6.07) is 5.95. The van der Waals surface area contributed by atoms with Gasteiger partial charge in [0.1, 0.15) is 0 Å². The number of halogens is 2. The van der Waals surface area contributed by atoms with Crippen LogP contribution in [-0.2, 0) is 11.3 Å². The van der Waals surface area contributed by atoms with Gasteiger partial charge in [-0.1, -0.05) is 33.6 Å². The Morgan fingerprint density at radius 3 is 2.73 bits per heavy atom. The number of morpholine rings is 1. The molecule has 0 saturated carbocycles. The minimum absolute atomic E-state index is 0.771. The number of benzene rings is 1. The van der Waals surface area contributed by atoms with Gasteiger partial charge < -0.3 is 4.74 Å². The normalized spacial score (nSPS) is 18.0. The Morgan fingerprint density at radius 2 is 2.07 bits per heavy atom. The van der Waals surface area contributed by atoms with Gasteiger partial charge in [-0.3, -0.25) is 4.90 Å². The highest BCUT2D eigenvalue weighted by molar-refractivity contribution is 9.10. The summed E-state index contributed by atoms with van der Waals surface area (Å²) in [5, 5.41) is 0.771. The number of hydrogen-bond donors (Lipinski definition) is 0. The molecule has 0 amide bonds. The predicted molar refractivity (Wildman–Crippen MR) is 65.2 cm³/mol. The van der Waals surface area contributed by atoms with E-state index in [2.05, 4.69) is 26.9 Å². The zero-order chi connectivity index (χ0) is 10.7. The van der Waals surface area contributed by atoms with E-state index in [0.717, 1.165) is 42.3 Å². The van der Waals surface area contributed by atoms with Crippen molar-refractivity contribution in [1.82, 2.24) is 4.90 Å². The molecule has 1 heterocycles. The molecule has 1 aromatic carbocycles. The Labute approximate surface area is 103 Å². The van der Waals surface area contributed by atoms with Crippen LogP contribution < -0.4 is 0 Å². The van der Waals surface area contributed by atoms with Gasteiger partial charge in [-0.2, -0.15) is 0 Å². The number of nitrogens with zero attached hydrogens (tertiary/aromatic N) is 1. The van der Waals surface area contributed by atoms with Gasteiger partial charge in [0.05, 0.1) is 13.2 Å². The molecule has 1 saturated heterocycles. The maximum atomic E-state index is 5.90. The fourth-order valence-corrected chi connectivity index (χ4v) is 2.46. The van der Waals surface area contributed by atoms with Crippen LogP contribution in [0.2, 0.25) is 5.02 Å². The SMILES string of the molecule is Clc1ccc(CN2CCOCC2)c(Br)c1. The summed E-state index contributed by atoms with van der Waals surface area (Å²) < 4.78 is 6.40. The molecule has 0 aliphatic carbocycles. The van der Waals surface area contributed by atoms with Crippen LogP contribution >= 0.6 is 27.5 Å². The molecule has 1 aromatic rings. The van der Waals surface area contributed by atoms with Crippen LogP contribution in [0, 0.1) is 0 Å². The maximum absolute atomic E-state index is 5.90. The van der Waals surface area contributed by atoms with Crippen LogP contribution in [-0.4, -0.2) is 31.2 Å². The molecule has 4 heteroatoms. The molecule has 1 aliphatic heterocycles. The molecular formula is C11H13BrClNO. The first-order valence-corrected chi connectivity index (χ1v) is 6.17. The second-order valence-electron chi connectivity index (χ2n) is 3.62. The van der Waals surface area contributed by atoms with Crippen LogP contribution in [0.1, 0.15) is 5.56 Å². The molecule has 0 atom stereocenters. The quantitative estimate of drug-likeness (QED) is 0.830. The smallest absolute Gasteiger partial charge is 0.0594 e. The van der Waals surface area contributed by atoms with Crippen LogP contribution in [0.3, 0.4) is 0 Å². The molecule has 0 N–H and O–H groups in total. The summed E-state index contributed by atoms with van der Waals surface area (Å²) in [4.78, 5) is 2.39. The third-order valence-electron chi connectivity index (χ3n) is 2.51. The Balaban J connectivity index is 2.03. The summed E-state index contributed by atoms with van der Waals surface area (Å²) in [5.74, 6) is 0. The van der Waals surface area contributed by atoms with Crippen LogP contribution in [0.15, 0.2) is 22.7 Å². The molecule has 0 unspecified atom stereocenters. The lowest BCUT2D eigenvalue weighted by Gasteiger charge is -2.26. The summed E-state index contributed by atoms with van der Waals surface area (Å²) in [5.41, 5.74) is 1.28. The van der Waals surface area contributed by atoms with Crippen molar-refractivity contribution in [1.29, 1.82) is 0 Å². The van der Waals surface area contributed by atoms with Gasteiger partial charge in [0.2, 0.25) is 0 Å². The fraction of sp³-hybridized carbons (Fsp3) is 0.455. The van der Waals surface area contributed by atoms with Gasteiger partial charge >= 0.3 is 0 Å².